The number of benzene rings is 2. The van der Waals surface area contributed by atoms with Crippen LogP contribution >= 0.6 is 0 Å². The Morgan fingerprint density at radius 1 is 1.08 bits per heavy atom. The second-order valence-corrected chi connectivity index (χ2v) is 6.72. The minimum Gasteiger partial charge on any atom is -0.352 e. The van der Waals surface area contributed by atoms with E-state index in [1.807, 2.05) is 12.1 Å². The summed E-state index contributed by atoms with van der Waals surface area (Å²) >= 11 is 0. The molecular formula is C19H18F2N2O. The van der Waals surface area contributed by atoms with Crippen molar-refractivity contribution in [1.82, 2.24) is 10.2 Å². The molecule has 0 radical (unpaired) electrons. The van der Waals surface area contributed by atoms with Crippen LogP contribution in [0.15, 0.2) is 36.4 Å². The van der Waals surface area contributed by atoms with Crippen LogP contribution in [0.4, 0.5) is 8.78 Å². The van der Waals surface area contributed by atoms with Crippen LogP contribution < -0.4 is 5.32 Å². The minimum atomic E-state index is -0.623. The van der Waals surface area contributed by atoms with Crippen LogP contribution in [0.5, 0.6) is 0 Å². The number of hydrogen-bond acceptors (Lipinski definition) is 2. The Hall–Kier alpha value is -2.27. The molecule has 1 N–H and O–H groups in total. The van der Waals surface area contributed by atoms with Gasteiger partial charge >= 0.3 is 0 Å². The largest absolute Gasteiger partial charge is 0.352 e. The number of carbonyl (C=O) groups is 1. The van der Waals surface area contributed by atoms with Gasteiger partial charge in [0.2, 0.25) is 0 Å². The molecule has 0 bridgehead atoms. The van der Waals surface area contributed by atoms with Crippen molar-refractivity contribution in [2.45, 2.75) is 5.92 Å². The van der Waals surface area contributed by atoms with E-state index in [9.17, 15) is 13.6 Å². The zero-order chi connectivity index (χ0) is 16.8. The molecule has 2 aliphatic rings. The van der Waals surface area contributed by atoms with E-state index in [-0.39, 0.29) is 5.91 Å². The smallest absolute Gasteiger partial charge is 0.251 e. The van der Waals surface area contributed by atoms with Crippen LogP contribution in [0, 0.1) is 17.6 Å². The monoisotopic (exact) mass is 328 g/mol. The number of halogens is 2. The molecule has 24 heavy (non-hydrogen) atoms. The molecule has 1 fully saturated rings. The molecule has 1 saturated heterocycles. The number of rotatable bonds is 1. The fourth-order valence-corrected chi connectivity index (χ4v) is 3.93. The van der Waals surface area contributed by atoms with Crippen LogP contribution in [0.25, 0.3) is 11.1 Å². The maximum atomic E-state index is 14.1. The number of carbonyl (C=O) groups excluding carboxylic acids is 1. The third-order valence-corrected chi connectivity index (χ3v) is 5.09. The predicted molar refractivity (Wildman–Crippen MR) is 87.9 cm³/mol. The molecule has 2 atom stereocenters. The number of fused-ring (bicyclic) bond motifs is 3. The van der Waals surface area contributed by atoms with Crippen molar-refractivity contribution in [3.05, 3.63) is 59.2 Å². The Labute approximate surface area is 139 Å². The fraction of sp³-hybridized carbons (Fsp3) is 0.316. The highest BCUT2D eigenvalue weighted by Crippen LogP contribution is 2.37. The van der Waals surface area contributed by atoms with Gasteiger partial charge in [-0.25, -0.2) is 8.78 Å². The maximum Gasteiger partial charge on any atom is 0.251 e. The van der Waals surface area contributed by atoms with Crippen molar-refractivity contribution in [1.29, 1.82) is 0 Å². The van der Waals surface area contributed by atoms with Gasteiger partial charge in [0.1, 0.15) is 11.6 Å². The van der Waals surface area contributed by atoms with Gasteiger partial charge in [0.05, 0.1) is 0 Å². The Morgan fingerprint density at radius 3 is 2.71 bits per heavy atom. The van der Waals surface area contributed by atoms with E-state index < -0.39 is 11.6 Å². The number of likely N-dealkylation sites (N-methyl/N-ethyl adjacent to an activating group) is 1. The van der Waals surface area contributed by atoms with Crippen molar-refractivity contribution >= 4 is 5.91 Å². The predicted octanol–water partition coefficient (Wildman–Crippen LogP) is 3.02. The normalized spacial score (nSPS) is 23.4. The number of nitrogens with one attached hydrogen (secondary N) is 1. The first-order valence-electron chi connectivity index (χ1n) is 8.09. The van der Waals surface area contributed by atoms with Gasteiger partial charge in [-0.1, -0.05) is 12.1 Å². The van der Waals surface area contributed by atoms with Gasteiger partial charge in [-0.05, 0) is 42.3 Å². The summed E-state index contributed by atoms with van der Waals surface area (Å²) in [6, 6.07) is 8.97. The highest BCUT2D eigenvalue weighted by Gasteiger charge is 2.36. The molecule has 0 unspecified atom stereocenters. The lowest BCUT2D eigenvalue weighted by atomic mass is 9.86. The second-order valence-electron chi connectivity index (χ2n) is 6.72. The van der Waals surface area contributed by atoms with Crippen LogP contribution in [0.1, 0.15) is 21.8 Å². The van der Waals surface area contributed by atoms with Crippen LogP contribution in [0.2, 0.25) is 0 Å². The molecule has 2 aliphatic heterocycles. The lowest BCUT2D eigenvalue weighted by Gasteiger charge is -2.17. The quantitative estimate of drug-likeness (QED) is 0.873. The average Bonchev–Trinajstić information content (AvgIpc) is 2.87. The average molecular weight is 328 g/mol. The summed E-state index contributed by atoms with van der Waals surface area (Å²) in [7, 11) is 2.08. The summed E-state index contributed by atoms with van der Waals surface area (Å²) in [4.78, 5) is 14.7. The summed E-state index contributed by atoms with van der Waals surface area (Å²) in [6.07, 6.45) is 0. The molecule has 2 aromatic carbocycles. The molecule has 124 valence electrons. The van der Waals surface area contributed by atoms with Gasteiger partial charge in [0.25, 0.3) is 5.91 Å². The van der Waals surface area contributed by atoms with Gasteiger partial charge in [0.15, 0.2) is 0 Å². The van der Waals surface area contributed by atoms with Gasteiger partial charge < -0.3 is 10.2 Å². The standard InChI is InChI=1S/C19H18F2N2O/c1-23-9-12-8-22-19(24)16-6-11(2-4-15(16)17(12)10-23)14-5-3-13(20)7-18(14)21/h2-7,12,17H,8-10H2,1H3,(H,22,24)/t12-,17-/m1/s1. The van der Waals surface area contributed by atoms with E-state index in [1.54, 1.807) is 6.07 Å². The van der Waals surface area contributed by atoms with Gasteiger partial charge in [-0.2, -0.15) is 0 Å². The third-order valence-electron chi connectivity index (χ3n) is 5.09. The van der Waals surface area contributed by atoms with E-state index in [4.69, 9.17) is 0 Å². The summed E-state index contributed by atoms with van der Waals surface area (Å²) in [5, 5.41) is 2.98. The van der Waals surface area contributed by atoms with Crippen molar-refractivity contribution in [3.63, 3.8) is 0 Å². The summed E-state index contributed by atoms with van der Waals surface area (Å²) < 4.78 is 27.2. The van der Waals surface area contributed by atoms with E-state index in [2.05, 4.69) is 17.3 Å². The van der Waals surface area contributed by atoms with Crippen molar-refractivity contribution in [3.8, 4) is 11.1 Å². The van der Waals surface area contributed by atoms with Crippen LogP contribution in [-0.2, 0) is 0 Å². The zero-order valence-electron chi connectivity index (χ0n) is 13.4. The topological polar surface area (TPSA) is 32.3 Å². The molecule has 4 rings (SSSR count). The Kier molecular flexibility index (Phi) is 3.61. The first-order chi connectivity index (χ1) is 11.5. The van der Waals surface area contributed by atoms with Gasteiger partial charge in [-0.3, -0.25) is 4.79 Å². The van der Waals surface area contributed by atoms with Gasteiger partial charge in [-0.15, -0.1) is 0 Å². The zero-order valence-corrected chi connectivity index (χ0v) is 13.4. The summed E-state index contributed by atoms with van der Waals surface area (Å²) in [5.74, 6) is -0.654. The Balaban J connectivity index is 1.81. The van der Waals surface area contributed by atoms with E-state index >= 15 is 0 Å². The number of likely N-dealkylation sites (tertiary alicyclic amines) is 1. The van der Waals surface area contributed by atoms with E-state index in [0.29, 0.717) is 35.1 Å². The maximum absolute atomic E-state index is 14.1. The number of amides is 1. The third kappa shape index (κ3) is 2.49. The highest BCUT2D eigenvalue weighted by molar-refractivity contribution is 5.97. The molecule has 0 aliphatic carbocycles. The molecule has 1 amide bonds. The molecular weight excluding hydrogens is 310 g/mol. The van der Waals surface area contributed by atoms with Crippen molar-refractivity contribution < 1.29 is 13.6 Å². The minimum absolute atomic E-state index is 0.119. The highest BCUT2D eigenvalue weighted by atomic mass is 19.1. The van der Waals surface area contributed by atoms with Crippen molar-refractivity contribution in [2.24, 2.45) is 5.92 Å². The van der Waals surface area contributed by atoms with E-state index in [1.165, 1.54) is 12.1 Å². The molecule has 5 heteroatoms. The summed E-state index contributed by atoms with van der Waals surface area (Å²) in [5.41, 5.74) is 2.51. The molecule has 0 spiro atoms. The van der Waals surface area contributed by atoms with E-state index in [0.717, 1.165) is 24.7 Å². The molecule has 2 heterocycles. The number of nitrogens with zero attached hydrogens (tertiary/aromatic N) is 1. The van der Waals surface area contributed by atoms with Gasteiger partial charge in [0, 0.05) is 42.7 Å². The molecule has 0 aromatic heterocycles. The first-order valence-corrected chi connectivity index (χ1v) is 8.09. The van der Waals surface area contributed by atoms with Crippen LogP contribution in [0.3, 0.4) is 0 Å². The number of hydrogen-bond donors (Lipinski definition) is 1. The SMILES string of the molecule is CN1C[C@H]2CNC(=O)c3cc(-c4ccc(F)cc4F)ccc3[C@@H]2C1. The fourth-order valence-electron chi connectivity index (χ4n) is 3.93. The van der Waals surface area contributed by atoms with Crippen LogP contribution in [-0.4, -0.2) is 37.5 Å². The Bertz CT molecular complexity index is 821. The lowest BCUT2D eigenvalue weighted by Crippen LogP contribution is -2.29. The Morgan fingerprint density at radius 2 is 1.92 bits per heavy atom. The van der Waals surface area contributed by atoms with Crippen molar-refractivity contribution in [2.75, 3.05) is 26.7 Å². The first kappa shape index (κ1) is 15.3. The summed E-state index contributed by atoms with van der Waals surface area (Å²) in [6.45, 7) is 2.53. The molecule has 2 aromatic rings. The molecule has 0 saturated carbocycles. The second kappa shape index (κ2) is 5.67. The lowest BCUT2D eigenvalue weighted by molar-refractivity contribution is 0.0951. The molecule has 3 nitrogen and oxygen atoms in total.